The van der Waals surface area contributed by atoms with Crippen LogP contribution in [0.4, 0.5) is 20.2 Å². The van der Waals surface area contributed by atoms with Crippen LogP contribution in [0.5, 0.6) is 11.5 Å². The summed E-state index contributed by atoms with van der Waals surface area (Å²) in [6.07, 6.45) is 7.41. The van der Waals surface area contributed by atoms with E-state index in [-0.39, 0.29) is 23.2 Å². The minimum Gasteiger partial charge on any atom is -0.486 e. The number of carboxylic acids is 1. The van der Waals surface area contributed by atoms with Gasteiger partial charge in [-0.1, -0.05) is 6.07 Å². The first-order chi connectivity index (χ1) is 15.5. The standard InChI is InChI=1S/C23H21F2N3O4/c24-23(25)32-20-8-7-18(10-21(20)31-19-5-2-6-19)28(13-15-11-26-14-27-12-15)17-4-1-3-16(9-17)22(29)30/h1,3-4,7-12,14,19,23H,2,5-6,13H2,(H,29,30). The summed E-state index contributed by atoms with van der Waals surface area (Å²) in [7, 11) is 0. The third-order valence-corrected chi connectivity index (χ3v) is 5.16. The van der Waals surface area contributed by atoms with Gasteiger partial charge in [0, 0.05) is 35.4 Å². The average molecular weight is 441 g/mol. The summed E-state index contributed by atoms with van der Waals surface area (Å²) in [5, 5.41) is 9.40. The average Bonchev–Trinajstić information content (AvgIpc) is 2.76. The van der Waals surface area contributed by atoms with Gasteiger partial charge < -0.3 is 19.5 Å². The maximum atomic E-state index is 12.9. The van der Waals surface area contributed by atoms with Gasteiger partial charge in [0.05, 0.1) is 18.2 Å². The van der Waals surface area contributed by atoms with E-state index in [1.54, 1.807) is 42.7 Å². The van der Waals surface area contributed by atoms with Crippen LogP contribution in [0.2, 0.25) is 0 Å². The van der Waals surface area contributed by atoms with E-state index in [4.69, 9.17) is 4.74 Å². The van der Waals surface area contributed by atoms with Crippen LogP contribution < -0.4 is 14.4 Å². The van der Waals surface area contributed by atoms with E-state index in [2.05, 4.69) is 14.7 Å². The van der Waals surface area contributed by atoms with Crippen LogP contribution >= 0.6 is 0 Å². The number of anilines is 2. The zero-order valence-electron chi connectivity index (χ0n) is 17.0. The molecule has 1 N–H and O–H groups in total. The number of hydrogen-bond donors (Lipinski definition) is 1. The summed E-state index contributed by atoms with van der Waals surface area (Å²) >= 11 is 0. The SMILES string of the molecule is O=C(O)c1cccc(N(Cc2cncnc2)c2ccc(OC(F)F)c(OC3CCC3)c2)c1. The number of aromatic carboxylic acids is 1. The predicted molar refractivity (Wildman–Crippen MR) is 113 cm³/mol. The molecule has 0 saturated heterocycles. The molecule has 0 radical (unpaired) electrons. The second-order valence-electron chi connectivity index (χ2n) is 7.37. The Morgan fingerprint density at radius 1 is 1.09 bits per heavy atom. The molecule has 0 spiro atoms. The summed E-state index contributed by atoms with van der Waals surface area (Å²) in [6.45, 7) is -2.66. The molecule has 32 heavy (non-hydrogen) atoms. The molecule has 0 bridgehead atoms. The van der Waals surface area contributed by atoms with Gasteiger partial charge in [-0.2, -0.15) is 8.78 Å². The van der Waals surface area contributed by atoms with Crippen molar-refractivity contribution in [3.63, 3.8) is 0 Å². The molecule has 1 fully saturated rings. The molecule has 3 aromatic rings. The van der Waals surface area contributed by atoms with E-state index in [9.17, 15) is 18.7 Å². The summed E-state index contributed by atoms with van der Waals surface area (Å²) < 4.78 is 36.4. The van der Waals surface area contributed by atoms with E-state index in [0.717, 1.165) is 24.8 Å². The van der Waals surface area contributed by atoms with Crippen LogP contribution in [-0.2, 0) is 6.54 Å². The Labute approximate surface area is 183 Å². The Morgan fingerprint density at radius 2 is 1.84 bits per heavy atom. The zero-order valence-corrected chi connectivity index (χ0v) is 17.0. The van der Waals surface area contributed by atoms with E-state index in [1.165, 1.54) is 18.5 Å². The molecule has 1 aromatic heterocycles. The Hall–Kier alpha value is -3.75. The monoisotopic (exact) mass is 441 g/mol. The van der Waals surface area contributed by atoms with Gasteiger partial charge in [0.2, 0.25) is 0 Å². The predicted octanol–water partition coefficient (Wildman–Crippen LogP) is 5.05. The lowest BCUT2D eigenvalue weighted by molar-refractivity contribution is -0.0526. The molecule has 4 rings (SSSR count). The number of halogens is 2. The molecular weight excluding hydrogens is 420 g/mol. The lowest BCUT2D eigenvalue weighted by Gasteiger charge is -2.29. The van der Waals surface area contributed by atoms with Crippen molar-refractivity contribution in [1.82, 2.24) is 9.97 Å². The van der Waals surface area contributed by atoms with E-state index >= 15 is 0 Å². The highest BCUT2D eigenvalue weighted by molar-refractivity contribution is 5.89. The Morgan fingerprint density at radius 3 is 2.50 bits per heavy atom. The topological polar surface area (TPSA) is 84.8 Å². The van der Waals surface area contributed by atoms with Crippen LogP contribution in [0, 0.1) is 0 Å². The number of carboxylic acid groups (broad SMARTS) is 1. The highest BCUT2D eigenvalue weighted by Crippen LogP contribution is 2.39. The summed E-state index contributed by atoms with van der Waals surface area (Å²) in [5.41, 5.74) is 2.13. The number of rotatable bonds is 9. The van der Waals surface area contributed by atoms with Crippen molar-refractivity contribution in [1.29, 1.82) is 0 Å². The molecule has 0 aliphatic heterocycles. The minimum atomic E-state index is -2.98. The molecule has 0 unspecified atom stereocenters. The highest BCUT2D eigenvalue weighted by Gasteiger charge is 2.23. The van der Waals surface area contributed by atoms with E-state index in [0.29, 0.717) is 17.9 Å². The van der Waals surface area contributed by atoms with Gasteiger partial charge in [-0.15, -0.1) is 0 Å². The fraction of sp³-hybridized carbons (Fsp3) is 0.261. The second kappa shape index (κ2) is 9.59. The Balaban J connectivity index is 1.74. The molecule has 0 atom stereocenters. The molecule has 0 amide bonds. The number of nitrogens with zero attached hydrogens (tertiary/aromatic N) is 3. The van der Waals surface area contributed by atoms with Crippen molar-refractivity contribution in [3.05, 3.63) is 72.3 Å². The number of hydrogen-bond acceptors (Lipinski definition) is 6. The molecule has 166 valence electrons. The van der Waals surface area contributed by atoms with Crippen LogP contribution in [0.3, 0.4) is 0 Å². The van der Waals surface area contributed by atoms with E-state index < -0.39 is 12.6 Å². The normalized spacial score (nSPS) is 13.5. The summed E-state index contributed by atoms with van der Waals surface area (Å²) in [4.78, 5) is 21.4. The largest absolute Gasteiger partial charge is 0.486 e. The number of alkyl halides is 2. The number of aromatic nitrogens is 2. The maximum Gasteiger partial charge on any atom is 0.387 e. The van der Waals surface area contributed by atoms with Gasteiger partial charge in [0.25, 0.3) is 0 Å². The number of benzene rings is 2. The lowest BCUT2D eigenvalue weighted by atomic mass is 9.96. The zero-order chi connectivity index (χ0) is 22.5. The van der Waals surface area contributed by atoms with Crippen molar-refractivity contribution in [2.24, 2.45) is 0 Å². The highest BCUT2D eigenvalue weighted by atomic mass is 19.3. The Kier molecular flexibility index (Phi) is 6.44. The van der Waals surface area contributed by atoms with Gasteiger partial charge in [-0.25, -0.2) is 14.8 Å². The molecular formula is C23H21F2N3O4. The smallest absolute Gasteiger partial charge is 0.387 e. The lowest BCUT2D eigenvalue weighted by Crippen LogP contribution is -2.25. The van der Waals surface area contributed by atoms with Crippen LogP contribution in [-0.4, -0.2) is 33.8 Å². The molecule has 9 heteroatoms. The van der Waals surface area contributed by atoms with Gasteiger partial charge in [0.1, 0.15) is 6.33 Å². The molecule has 1 saturated carbocycles. The fourth-order valence-corrected chi connectivity index (χ4v) is 3.35. The number of carbonyl (C=O) groups is 1. The Bertz CT molecular complexity index is 1080. The van der Waals surface area contributed by atoms with Crippen molar-refractivity contribution >= 4 is 17.3 Å². The third-order valence-electron chi connectivity index (χ3n) is 5.16. The van der Waals surface area contributed by atoms with Gasteiger partial charge in [-0.3, -0.25) is 0 Å². The maximum absolute atomic E-state index is 12.9. The fourth-order valence-electron chi connectivity index (χ4n) is 3.35. The second-order valence-corrected chi connectivity index (χ2v) is 7.37. The van der Waals surface area contributed by atoms with Crippen molar-refractivity contribution < 1.29 is 28.2 Å². The molecule has 7 nitrogen and oxygen atoms in total. The first kappa shape index (κ1) is 21.5. The summed E-state index contributed by atoms with van der Waals surface area (Å²) in [5.74, 6) is -0.876. The van der Waals surface area contributed by atoms with E-state index in [1.807, 2.05) is 4.90 Å². The molecule has 1 heterocycles. The molecule has 1 aliphatic rings. The molecule has 2 aromatic carbocycles. The molecule has 1 aliphatic carbocycles. The van der Waals surface area contributed by atoms with Gasteiger partial charge >= 0.3 is 12.6 Å². The van der Waals surface area contributed by atoms with Crippen LogP contribution in [0.1, 0.15) is 35.2 Å². The van der Waals surface area contributed by atoms with Gasteiger partial charge in [-0.05, 0) is 49.6 Å². The first-order valence-corrected chi connectivity index (χ1v) is 10.1. The number of ether oxygens (including phenoxy) is 2. The first-order valence-electron chi connectivity index (χ1n) is 10.1. The quantitative estimate of drug-likeness (QED) is 0.498. The third kappa shape index (κ3) is 5.11. The van der Waals surface area contributed by atoms with Crippen LogP contribution in [0.15, 0.2) is 61.2 Å². The minimum absolute atomic E-state index is 0.0436. The van der Waals surface area contributed by atoms with Crippen LogP contribution in [0.25, 0.3) is 0 Å². The summed E-state index contributed by atoms with van der Waals surface area (Å²) in [6, 6.07) is 11.2. The van der Waals surface area contributed by atoms with Crippen molar-refractivity contribution in [3.8, 4) is 11.5 Å². The van der Waals surface area contributed by atoms with Crippen molar-refractivity contribution in [2.45, 2.75) is 38.5 Å². The van der Waals surface area contributed by atoms with Crippen molar-refractivity contribution in [2.75, 3.05) is 4.90 Å². The van der Waals surface area contributed by atoms with Gasteiger partial charge in [0.15, 0.2) is 11.5 Å².